The number of hydrogen-bond acceptors (Lipinski definition) is 8. The fraction of sp³-hybridized carbons (Fsp3) is 0.714. The lowest BCUT2D eigenvalue weighted by atomic mass is 9.95. The van der Waals surface area contributed by atoms with E-state index in [1.807, 2.05) is 0 Å². The predicted molar refractivity (Wildman–Crippen MR) is 119 cm³/mol. The number of carbonyl (C=O) groups is 1. The quantitative estimate of drug-likeness (QED) is 0.446. The standard InChI is InChI=1S/C21H34N6O4/c1-16(2)15-23-21(28)17-5-8-26(9-6-17)19-4-3-18(27(29)30)20(24-19)22-7-10-25-11-13-31-14-12-25/h3-4,16-17H,5-15H2,1-2H3,(H,22,24)(H,23,28). The van der Waals surface area contributed by atoms with Crippen LogP contribution in [0.1, 0.15) is 26.7 Å². The molecule has 0 atom stereocenters. The smallest absolute Gasteiger partial charge is 0.311 e. The average molecular weight is 435 g/mol. The second-order valence-electron chi connectivity index (χ2n) is 8.58. The monoisotopic (exact) mass is 434 g/mol. The molecule has 3 heterocycles. The number of hydrogen-bond donors (Lipinski definition) is 2. The number of pyridine rings is 1. The van der Waals surface area contributed by atoms with Crippen LogP contribution < -0.4 is 15.5 Å². The van der Waals surface area contributed by atoms with Crippen molar-refractivity contribution in [3.05, 3.63) is 22.2 Å². The van der Waals surface area contributed by atoms with E-state index in [9.17, 15) is 14.9 Å². The summed E-state index contributed by atoms with van der Waals surface area (Å²) in [4.78, 5) is 32.3. The molecule has 0 radical (unpaired) electrons. The summed E-state index contributed by atoms with van der Waals surface area (Å²) < 4.78 is 5.35. The van der Waals surface area contributed by atoms with Gasteiger partial charge in [-0.15, -0.1) is 0 Å². The molecule has 0 bridgehead atoms. The summed E-state index contributed by atoms with van der Waals surface area (Å²) >= 11 is 0. The van der Waals surface area contributed by atoms with Crippen LogP contribution in [0.5, 0.6) is 0 Å². The van der Waals surface area contributed by atoms with Gasteiger partial charge in [-0.1, -0.05) is 13.8 Å². The Labute approximate surface area is 183 Å². The lowest BCUT2D eigenvalue weighted by Gasteiger charge is -2.32. The molecule has 2 N–H and O–H groups in total. The third-order valence-corrected chi connectivity index (χ3v) is 5.75. The molecule has 31 heavy (non-hydrogen) atoms. The van der Waals surface area contributed by atoms with Crippen LogP contribution in [-0.4, -0.2) is 79.7 Å². The van der Waals surface area contributed by atoms with E-state index in [-0.39, 0.29) is 17.5 Å². The van der Waals surface area contributed by atoms with Gasteiger partial charge >= 0.3 is 5.69 Å². The Hall–Kier alpha value is -2.46. The number of nitro groups is 1. The van der Waals surface area contributed by atoms with Crippen molar-refractivity contribution in [1.29, 1.82) is 0 Å². The molecule has 1 aromatic heterocycles. The number of ether oxygens (including phenoxy) is 1. The minimum absolute atomic E-state index is 0.0131. The molecule has 2 saturated heterocycles. The van der Waals surface area contributed by atoms with E-state index in [4.69, 9.17) is 4.74 Å². The van der Waals surface area contributed by atoms with E-state index in [2.05, 4.69) is 39.3 Å². The zero-order chi connectivity index (χ0) is 22.2. The van der Waals surface area contributed by atoms with Gasteiger partial charge in [-0.25, -0.2) is 4.98 Å². The number of carbonyl (C=O) groups excluding carboxylic acids is 1. The minimum Gasteiger partial charge on any atom is -0.379 e. The molecule has 10 heteroatoms. The van der Waals surface area contributed by atoms with Crippen LogP contribution in [0.2, 0.25) is 0 Å². The number of rotatable bonds is 9. The van der Waals surface area contributed by atoms with Crippen LogP contribution in [0.4, 0.5) is 17.3 Å². The first-order chi connectivity index (χ1) is 14.9. The van der Waals surface area contributed by atoms with Gasteiger partial charge in [0.2, 0.25) is 11.7 Å². The highest BCUT2D eigenvalue weighted by Crippen LogP contribution is 2.28. The minimum atomic E-state index is -0.404. The van der Waals surface area contributed by atoms with Gasteiger partial charge in [0.25, 0.3) is 0 Å². The number of aromatic nitrogens is 1. The van der Waals surface area contributed by atoms with Crippen molar-refractivity contribution in [1.82, 2.24) is 15.2 Å². The SMILES string of the molecule is CC(C)CNC(=O)C1CCN(c2ccc([N+](=O)[O-])c(NCCN3CCOCC3)n2)CC1. The summed E-state index contributed by atoms with van der Waals surface area (Å²) in [6.45, 7) is 10.8. The fourth-order valence-electron chi connectivity index (χ4n) is 3.87. The molecule has 0 unspecified atom stereocenters. The number of piperidine rings is 1. The maximum absolute atomic E-state index is 12.3. The van der Waals surface area contributed by atoms with Gasteiger partial charge in [0.15, 0.2) is 0 Å². The molecule has 1 amide bonds. The van der Waals surface area contributed by atoms with Crippen LogP contribution in [-0.2, 0) is 9.53 Å². The maximum atomic E-state index is 12.3. The molecular weight excluding hydrogens is 400 g/mol. The van der Waals surface area contributed by atoms with Gasteiger partial charge in [-0.2, -0.15) is 0 Å². The highest BCUT2D eigenvalue weighted by atomic mass is 16.6. The van der Waals surface area contributed by atoms with Crippen molar-refractivity contribution in [3.63, 3.8) is 0 Å². The predicted octanol–water partition coefficient (Wildman–Crippen LogP) is 1.72. The molecule has 1 aromatic rings. The van der Waals surface area contributed by atoms with Crippen molar-refractivity contribution < 1.29 is 14.5 Å². The number of amides is 1. The second kappa shape index (κ2) is 11.2. The summed E-state index contributed by atoms with van der Waals surface area (Å²) in [7, 11) is 0. The third kappa shape index (κ3) is 6.76. The molecule has 2 aliphatic rings. The molecule has 0 saturated carbocycles. The Kier molecular flexibility index (Phi) is 8.42. The lowest BCUT2D eigenvalue weighted by Crippen LogP contribution is -2.41. The van der Waals surface area contributed by atoms with Crippen LogP contribution in [0, 0.1) is 22.0 Å². The van der Waals surface area contributed by atoms with Crippen molar-refractivity contribution in [2.24, 2.45) is 11.8 Å². The van der Waals surface area contributed by atoms with Gasteiger partial charge in [0.05, 0.1) is 18.1 Å². The molecule has 10 nitrogen and oxygen atoms in total. The molecule has 2 aliphatic heterocycles. The lowest BCUT2D eigenvalue weighted by molar-refractivity contribution is -0.384. The zero-order valence-corrected chi connectivity index (χ0v) is 18.5. The number of morpholine rings is 1. The van der Waals surface area contributed by atoms with Gasteiger partial charge in [0, 0.05) is 57.8 Å². The molecule has 0 aliphatic carbocycles. The molecule has 0 aromatic carbocycles. The molecule has 2 fully saturated rings. The maximum Gasteiger partial charge on any atom is 0.311 e. The molecular formula is C21H34N6O4. The first kappa shape index (κ1) is 23.2. The Morgan fingerprint density at radius 2 is 1.97 bits per heavy atom. The number of nitrogens with zero attached hydrogens (tertiary/aromatic N) is 4. The average Bonchev–Trinajstić information content (AvgIpc) is 2.78. The number of nitrogens with one attached hydrogen (secondary N) is 2. The Morgan fingerprint density at radius 3 is 2.61 bits per heavy atom. The topological polar surface area (TPSA) is 113 Å². The van der Waals surface area contributed by atoms with Crippen molar-refractivity contribution >= 4 is 23.2 Å². The van der Waals surface area contributed by atoms with Gasteiger partial charge in [-0.05, 0) is 24.8 Å². The van der Waals surface area contributed by atoms with Gasteiger partial charge in [-0.3, -0.25) is 19.8 Å². The van der Waals surface area contributed by atoms with Crippen molar-refractivity contribution in [2.75, 3.05) is 69.2 Å². The van der Waals surface area contributed by atoms with E-state index in [0.29, 0.717) is 43.7 Å². The fourth-order valence-corrected chi connectivity index (χ4v) is 3.87. The summed E-state index contributed by atoms with van der Waals surface area (Å²) in [5, 5.41) is 17.6. The zero-order valence-electron chi connectivity index (χ0n) is 18.5. The largest absolute Gasteiger partial charge is 0.379 e. The second-order valence-corrected chi connectivity index (χ2v) is 8.58. The third-order valence-electron chi connectivity index (χ3n) is 5.75. The van der Waals surface area contributed by atoms with Crippen LogP contribution in [0.25, 0.3) is 0 Å². The molecule has 0 spiro atoms. The summed E-state index contributed by atoms with van der Waals surface area (Å²) in [6, 6.07) is 3.21. The Morgan fingerprint density at radius 1 is 1.26 bits per heavy atom. The highest BCUT2D eigenvalue weighted by molar-refractivity contribution is 5.79. The van der Waals surface area contributed by atoms with Crippen LogP contribution in [0.3, 0.4) is 0 Å². The Bertz CT molecular complexity index is 745. The van der Waals surface area contributed by atoms with Gasteiger partial charge < -0.3 is 20.3 Å². The highest BCUT2D eigenvalue weighted by Gasteiger charge is 2.27. The first-order valence-corrected chi connectivity index (χ1v) is 11.2. The van der Waals surface area contributed by atoms with E-state index < -0.39 is 4.92 Å². The van der Waals surface area contributed by atoms with E-state index in [1.54, 1.807) is 6.07 Å². The van der Waals surface area contributed by atoms with Gasteiger partial charge in [0.1, 0.15) is 5.82 Å². The van der Waals surface area contributed by atoms with E-state index >= 15 is 0 Å². The van der Waals surface area contributed by atoms with Crippen LogP contribution >= 0.6 is 0 Å². The van der Waals surface area contributed by atoms with E-state index in [0.717, 1.165) is 45.7 Å². The molecule has 172 valence electrons. The molecule has 3 rings (SSSR count). The summed E-state index contributed by atoms with van der Waals surface area (Å²) in [5.74, 6) is 1.57. The van der Waals surface area contributed by atoms with Crippen molar-refractivity contribution in [3.8, 4) is 0 Å². The van der Waals surface area contributed by atoms with E-state index in [1.165, 1.54) is 6.07 Å². The van der Waals surface area contributed by atoms with Crippen LogP contribution in [0.15, 0.2) is 12.1 Å². The Balaban J connectivity index is 1.57. The van der Waals surface area contributed by atoms with Crippen molar-refractivity contribution in [2.45, 2.75) is 26.7 Å². The number of anilines is 2. The summed E-state index contributed by atoms with van der Waals surface area (Å²) in [5.41, 5.74) is -0.0197. The normalized spacial score (nSPS) is 18.2. The first-order valence-electron chi connectivity index (χ1n) is 11.2. The summed E-state index contributed by atoms with van der Waals surface area (Å²) in [6.07, 6.45) is 1.50.